The zero-order chi connectivity index (χ0) is 23.3. The van der Waals surface area contributed by atoms with E-state index in [1.807, 2.05) is 56.3 Å². The lowest BCUT2D eigenvalue weighted by atomic mass is 10.0. The molecular formula is C25H24N4O3S. The second kappa shape index (κ2) is 7.67. The number of rotatable bonds is 4. The van der Waals surface area contributed by atoms with Crippen LogP contribution in [0.2, 0.25) is 0 Å². The summed E-state index contributed by atoms with van der Waals surface area (Å²) in [6.45, 7) is 4.01. The molecule has 33 heavy (non-hydrogen) atoms. The van der Waals surface area contributed by atoms with Crippen LogP contribution in [-0.2, 0) is 17.1 Å². The highest BCUT2D eigenvalue weighted by molar-refractivity contribution is 7.89. The summed E-state index contributed by atoms with van der Waals surface area (Å²) in [6.07, 6.45) is 0. The SMILES string of the molecule is Cc1ccc(S(=O)(=O)N2CNC(c3ccc4[nH]c(=O)n(C)c4c3)=C2c2cccc(C)c2)cc1. The number of hydrogen-bond acceptors (Lipinski definition) is 4. The predicted molar refractivity (Wildman–Crippen MR) is 130 cm³/mol. The highest BCUT2D eigenvalue weighted by atomic mass is 32.2. The Bertz CT molecular complexity index is 1580. The number of sulfonamides is 1. The van der Waals surface area contributed by atoms with Gasteiger partial charge in [0, 0.05) is 18.2 Å². The van der Waals surface area contributed by atoms with E-state index in [1.54, 1.807) is 35.9 Å². The van der Waals surface area contributed by atoms with Gasteiger partial charge in [0.1, 0.15) is 6.67 Å². The van der Waals surface area contributed by atoms with Crippen molar-refractivity contribution < 1.29 is 8.42 Å². The third-order valence-corrected chi connectivity index (χ3v) is 7.74. The lowest BCUT2D eigenvalue weighted by molar-refractivity contribution is 0.515. The number of hydrogen-bond donors (Lipinski definition) is 2. The van der Waals surface area contributed by atoms with E-state index in [0.29, 0.717) is 11.4 Å². The van der Waals surface area contributed by atoms with Crippen LogP contribution in [0.1, 0.15) is 22.3 Å². The third-order valence-electron chi connectivity index (χ3n) is 5.98. The Morgan fingerprint density at radius 1 is 0.879 bits per heavy atom. The summed E-state index contributed by atoms with van der Waals surface area (Å²) >= 11 is 0. The Balaban J connectivity index is 1.73. The molecule has 3 aromatic carbocycles. The number of fused-ring (bicyclic) bond motifs is 1. The Kier molecular flexibility index (Phi) is 4.90. The number of aromatic amines is 1. The fourth-order valence-corrected chi connectivity index (χ4v) is 5.59. The molecule has 1 aliphatic heterocycles. The second-order valence-corrected chi connectivity index (χ2v) is 10.2. The zero-order valence-corrected chi connectivity index (χ0v) is 19.4. The Morgan fingerprint density at radius 2 is 1.64 bits per heavy atom. The quantitative estimate of drug-likeness (QED) is 0.488. The molecule has 0 atom stereocenters. The number of imidazole rings is 1. The number of aromatic nitrogens is 2. The molecule has 0 saturated heterocycles. The second-order valence-electron chi connectivity index (χ2n) is 8.32. The summed E-state index contributed by atoms with van der Waals surface area (Å²) in [5, 5.41) is 3.30. The van der Waals surface area contributed by atoms with Crippen molar-refractivity contribution in [2.75, 3.05) is 6.67 Å². The van der Waals surface area contributed by atoms with Crippen LogP contribution < -0.4 is 11.0 Å². The van der Waals surface area contributed by atoms with Crippen LogP contribution >= 0.6 is 0 Å². The van der Waals surface area contributed by atoms with Crippen LogP contribution in [0.5, 0.6) is 0 Å². The molecule has 5 rings (SSSR count). The first-order valence-electron chi connectivity index (χ1n) is 10.6. The van der Waals surface area contributed by atoms with Gasteiger partial charge in [-0.2, -0.15) is 0 Å². The lowest BCUT2D eigenvalue weighted by Gasteiger charge is -2.22. The van der Waals surface area contributed by atoms with E-state index in [-0.39, 0.29) is 17.3 Å². The minimum Gasteiger partial charge on any atom is -0.365 e. The number of benzene rings is 3. The van der Waals surface area contributed by atoms with Gasteiger partial charge in [0.25, 0.3) is 10.0 Å². The molecule has 2 N–H and O–H groups in total. The fourth-order valence-electron chi connectivity index (χ4n) is 4.18. The van der Waals surface area contributed by atoms with Crippen molar-refractivity contribution in [1.82, 2.24) is 19.2 Å². The van der Waals surface area contributed by atoms with Crippen LogP contribution in [-0.4, -0.2) is 28.9 Å². The normalized spacial score (nSPS) is 14.2. The summed E-state index contributed by atoms with van der Waals surface area (Å²) in [7, 11) is -2.10. The number of H-pyrrole nitrogens is 1. The van der Waals surface area contributed by atoms with Crippen LogP contribution in [0.4, 0.5) is 0 Å². The van der Waals surface area contributed by atoms with E-state index in [0.717, 1.165) is 33.3 Å². The molecular weight excluding hydrogens is 436 g/mol. The van der Waals surface area contributed by atoms with Gasteiger partial charge in [0.15, 0.2) is 0 Å². The van der Waals surface area contributed by atoms with Crippen molar-refractivity contribution >= 4 is 32.5 Å². The molecule has 0 fully saturated rings. The fraction of sp³-hybridized carbons (Fsp3) is 0.160. The van der Waals surface area contributed by atoms with Gasteiger partial charge in [-0.25, -0.2) is 17.5 Å². The molecule has 8 heteroatoms. The zero-order valence-electron chi connectivity index (χ0n) is 18.6. The Morgan fingerprint density at radius 3 is 2.36 bits per heavy atom. The summed E-state index contributed by atoms with van der Waals surface area (Å²) in [5.41, 5.74) is 6.19. The van der Waals surface area contributed by atoms with Crippen LogP contribution in [0.3, 0.4) is 0 Å². The van der Waals surface area contributed by atoms with Gasteiger partial charge >= 0.3 is 5.69 Å². The van der Waals surface area contributed by atoms with Gasteiger partial charge in [-0.15, -0.1) is 0 Å². The summed E-state index contributed by atoms with van der Waals surface area (Å²) in [5.74, 6) is 0. The molecule has 168 valence electrons. The van der Waals surface area contributed by atoms with Gasteiger partial charge in [-0.3, -0.25) is 4.57 Å². The van der Waals surface area contributed by atoms with Gasteiger partial charge in [0.2, 0.25) is 0 Å². The molecule has 0 bridgehead atoms. The highest BCUT2D eigenvalue weighted by Gasteiger charge is 2.34. The van der Waals surface area contributed by atoms with E-state index in [9.17, 15) is 13.2 Å². The summed E-state index contributed by atoms with van der Waals surface area (Å²) in [6, 6.07) is 20.3. The molecule has 4 aromatic rings. The molecule has 0 spiro atoms. The maximum atomic E-state index is 13.7. The van der Waals surface area contributed by atoms with Crippen molar-refractivity contribution in [2.24, 2.45) is 7.05 Å². The average molecular weight is 461 g/mol. The summed E-state index contributed by atoms with van der Waals surface area (Å²) < 4.78 is 30.3. The van der Waals surface area contributed by atoms with Crippen molar-refractivity contribution in [2.45, 2.75) is 18.7 Å². The highest BCUT2D eigenvalue weighted by Crippen LogP contribution is 2.36. The lowest BCUT2D eigenvalue weighted by Crippen LogP contribution is -2.30. The maximum absolute atomic E-state index is 13.7. The largest absolute Gasteiger partial charge is 0.365 e. The molecule has 1 aliphatic rings. The molecule has 2 heterocycles. The molecule has 7 nitrogen and oxygen atoms in total. The van der Waals surface area contributed by atoms with E-state index in [1.165, 1.54) is 4.31 Å². The van der Waals surface area contributed by atoms with E-state index < -0.39 is 10.0 Å². The van der Waals surface area contributed by atoms with Crippen molar-refractivity contribution in [1.29, 1.82) is 0 Å². The molecule has 0 aliphatic carbocycles. The molecule has 0 radical (unpaired) electrons. The van der Waals surface area contributed by atoms with Crippen molar-refractivity contribution in [3.8, 4) is 0 Å². The maximum Gasteiger partial charge on any atom is 0.326 e. The monoisotopic (exact) mass is 460 g/mol. The first-order valence-corrected chi connectivity index (χ1v) is 12.0. The van der Waals surface area contributed by atoms with Crippen LogP contribution in [0.15, 0.2) is 76.4 Å². The van der Waals surface area contributed by atoms with E-state index >= 15 is 0 Å². The minimum absolute atomic E-state index is 0.110. The smallest absolute Gasteiger partial charge is 0.326 e. The van der Waals surface area contributed by atoms with Crippen molar-refractivity contribution in [3.05, 3.63) is 99.5 Å². The predicted octanol–water partition coefficient (Wildman–Crippen LogP) is 3.56. The van der Waals surface area contributed by atoms with Gasteiger partial charge < -0.3 is 10.3 Å². The minimum atomic E-state index is -3.80. The summed E-state index contributed by atoms with van der Waals surface area (Å²) in [4.78, 5) is 15.1. The molecule has 0 amide bonds. The van der Waals surface area contributed by atoms with E-state index in [4.69, 9.17) is 0 Å². The average Bonchev–Trinajstić information content (AvgIpc) is 3.36. The van der Waals surface area contributed by atoms with Crippen molar-refractivity contribution in [3.63, 3.8) is 0 Å². The Labute approximate surface area is 192 Å². The number of nitrogens with zero attached hydrogens (tertiary/aromatic N) is 2. The molecule has 0 unspecified atom stereocenters. The van der Waals surface area contributed by atoms with Crippen LogP contribution in [0, 0.1) is 13.8 Å². The standard InChI is InChI=1S/C25H24N4O3S/c1-16-7-10-20(11-8-16)33(31,32)29-15-26-23(24(29)19-6-4-5-17(2)13-19)18-9-12-21-22(14-18)28(3)25(30)27-21/h4-14,26H,15H2,1-3H3,(H,27,30). The number of aryl methyl sites for hydroxylation is 3. The topological polar surface area (TPSA) is 87.2 Å². The molecule has 0 saturated carbocycles. The van der Waals surface area contributed by atoms with Gasteiger partial charge in [-0.05, 0) is 44.2 Å². The van der Waals surface area contributed by atoms with E-state index in [2.05, 4.69) is 10.3 Å². The number of nitrogens with one attached hydrogen (secondary N) is 2. The third kappa shape index (κ3) is 3.52. The van der Waals surface area contributed by atoms with Gasteiger partial charge in [-0.1, -0.05) is 47.5 Å². The first kappa shape index (κ1) is 21.1. The first-order chi connectivity index (χ1) is 15.8. The molecule has 1 aromatic heterocycles. The van der Waals surface area contributed by atoms with Gasteiger partial charge in [0.05, 0.1) is 27.3 Å². The Hall–Kier alpha value is -3.78. The van der Waals surface area contributed by atoms with Crippen LogP contribution in [0.25, 0.3) is 22.4 Å².